The molecule has 0 aliphatic carbocycles. The molecule has 0 aliphatic heterocycles. The van der Waals surface area contributed by atoms with E-state index in [0.717, 1.165) is 11.4 Å². The Labute approximate surface area is 96.9 Å². The fourth-order valence-electron chi connectivity index (χ4n) is 1.08. The molecule has 1 atom stereocenters. The number of anilines is 1. The zero-order valence-corrected chi connectivity index (χ0v) is 10.6. The first-order valence-electron chi connectivity index (χ1n) is 4.55. The average molecular weight is 248 g/mol. The lowest BCUT2D eigenvalue weighted by atomic mass is 10.3. The quantitative estimate of drug-likeness (QED) is 0.820. The molecule has 15 heavy (non-hydrogen) atoms. The Balaban J connectivity index is 2.72. The highest BCUT2D eigenvalue weighted by molar-refractivity contribution is 7.84. The van der Waals surface area contributed by atoms with E-state index < -0.39 is 10.8 Å². The fourth-order valence-corrected chi connectivity index (χ4v) is 1.68. The Hall–Kier alpha value is -0.680. The molecular formula is C9H14ClN3OS. The summed E-state index contributed by atoms with van der Waals surface area (Å²) in [6, 6.07) is 0. The van der Waals surface area contributed by atoms with Gasteiger partial charge in [0.25, 0.3) is 0 Å². The number of nitrogens with zero attached hydrogens (tertiary/aromatic N) is 2. The number of aromatic nitrogens is 2. The number of halogens is 1. The van der Waals surface area contributed by atoms with Crippen LogP contribution in [0.4, 0.5) is 5.82 Å². The molecule has 84 valence electrons. The third kappa shape index (κ3) is 3.76. The summed E-state index contributed by atoms with van der Waals surface area (Å²) in [7, 11) is -0.795. The van der Waals surface area contributed by atoms with Gasteiger partial charge in [-0.1, -0.05) is 11.6 Å². The van der Waals surface area contributed by atoms with Gasteiger partial charge in [0.2, 0.25) is 0 Å². The van der Waals surface area contributed by atoms with E-state index in [-0.39, 0.29) is 0 Å². The van der Waals surface area contributed by atoms with Gasteiger partial charge in [0.05, 0.1) is 0 Å². The molecule has 0 fully saturated rings. The molecule has 0 spiro atoms. The summed E-state index contributed by atoms with van der Waals surface area (Å²) in [5.74, 6) is 1.95. The van der Waals surface area contributed by atoms with Crippen LogP contribution in [0.15, 0.2) is 0 Å². The van der Waals surface area contributed by atoms with Gasteiger partial charge in [-0.05, 0) is 13.8 Å². The van der Waals surface area contributed by atoms with Crippen molar-refractivity contribution in [3.05, 3.63) is 16.5 Å². The van der Waals surface area contributed by atoms with Gasteiger partial charge in [0.1, 0.15) is 16.8 Å². The summed E-state index contributed by atoms with van der Waals surface area (Å²) >= 11 is 5.91. The van der Waals surface area contributed by atoms with Crippen LogP contribution in [-0.2, 0) is 10.8 Å². The van der Waals surface area contributed by atoms with Crippen LogP contribution in [0.3, 0.4) is 0 Å². The maximum Gasteiger partial charge on any atom is 0.137 e. The predicted octanol–water partition coefficient (Wildman–Crippen LogP) is 1.54. The van der Waals surface area contributed by atoms with E-state index >= 15 is 0 Å². The third-order valence-electron chi connectivity index (χ3n) is 1.88. The number of aryl methyl sites for hydroxylation is 1. The summed E-state index contributed by atoms with van der Waals surface area (Å²) in [6.45, 7) is 4.26. The Kier molecular flexibility index (Phi) is 4.47. The minimum absolute atomic E-state index is 0.461. The van der Waals surface area contributed by atoms with Crippen molar-refractivity contribution in [2.75, 3.05) is 23.9 Å². The van der Waals surface area contributed by atoms with Gasteiger partial charge in [-0.2, -0.15) is 0 Å². The Morgan fingerprint density at radius 2 is 2.07 bits per heavy atom. The van der Waals surface area contributed by atoms with E-state index in [0.29, 0.717) is 23.3 Å². The Morgan fingerprint density at radius 3 is 2.67 bits per heavy atom. The molecule has 1 aromatic rings. The second-order valence-corrected chi connectivity index (χ2v) is 5.15. The highest BCUT2D eigenvalue weighted by atomic mass is 35.5. The minimum Gasteiger partial charge on any atom is -0.369 e. The van der Waals surface area contributed by atoms with E-state index in [4.69, 9.17) is 11.6 Å². The zero-order valence-electron chi connectivity index (χ0n) is 9.00. The van der Waals surface area contributed by atoms with Crippen LogP contribution in [-0.4, -0.2) is 32.7 Å². The molecule has 4 nitrogen and oxygen atoms in total. The van der Waals surface area contributed by atoms with E-state index in [2.05, 4.69) is 15.3 Å². The lowest BCUT2D eigenvalue weighted by molar-refractivity contribution is 0.687. The van der Waals surface area contributed by atoms with Gasteiger partial charge in [-0.15, -0.1) is 0 Å². The van der Waals surface area contributed by atoms with Crippen LogP contribution in [0.2, 0.25) is 5.15 Å². The zero-order chi connectivity index (χ0) is 11.4. The lowest BCUT2D eigenvalue weighted by Gasteiger charge is -2.09. The molecule has 6 heteroatoms. The molecule has 0 aromatic carbocycles. The molecule has 0 saturated carbocycles. The average Bonchev–Trinajstić information content (AvgIpc) is 2.12. The van der Waals surface area contributed by atoms with Crippen LogP contribution < -0.4 is 5.32 Å². The first kappa shape index (κ1) is 12.4. The van der Waals surface area contributed by atoms with Gasteiger partial charge < -0.3 is 5.32 Å². The standard InChI is InChI=1S/C9H14ClN3OS/c1-6-8(10)12-7(2)13-9(6)11-4-5-15(3)14/h4-5H2,1-3H3,(H,11,12,13). The van der Waals surface area contributed by atoms with Gasteiger partial charge in [-0.25, -0.2) is 9.97 Å². The number of nitrogens with one attached hydrogen (secondary N) is 1. The molecule has 1 N–H and O–H groups in total. The maximum atomic E-state index is 10.9. The van der Waals surface area contributed by atoms with Crippen LogP contribution in [0.1, 0.15) is 11.4 Å². The largest absolute Gasteiger partial charge is 0.369 e. The number of hydrogen-bond donors (Lipinski definition) is 1. The molecule has 1 rings (SSSR count). The van der Waals surface area contributed by atoms with Gasteiger partial charge >= 0.3 is 0 Å². The van der Waals surface area contributed by atoms with Crippen LogP contribution in [0.5, 0.6) is 0 Å². The predicted molar refractivity (Wildman–Crippen MR) is 63.9 cm³/mol. The Bertz CT molecular complexity index is 384. The molecule has 0 saturated heterocycles. The van der Waals surface area contributed by atoms with E-state index in [1.807, 2.05) is 6.92 Å². The van der Waals surface area contributed by atoms with Gasteiger partial charge in [0, 0.05) is 34.9 Å². The fraction of sp³-hybridized carbons (Fsp3) is 0.556. The van der Waals surface area contributed by atoms with Crippen molar-refractivity contribution in [2.24, 2.45) is 0 Å². The van der Waals surface area contributed by atoms with Crippen molar-refractivity contribution in [1.82, 2.24) is 9.97 Å². The first-order chi connectivity index (χ1) is 7.00. The summed E-state index contributed by atoms with van der Waals surface area (Å²) in [5, 5.41) is 3.56. The Morgan fingerprint density at radius 1 is 1.40 bits per heavy atom. The van der Waals surface area contributed by atoms with Crippen LogP contribution >= 0.6 is 11.6 Å². The van der Waals surface area contributed by atoms with Crippen molar-refractivity contribution < 1.29 is 4.21 Å². The van der Waals surface area contributed by atoms with E-state index in [1.54, 1.807) is 13.2 Å². The van der Waals surface area contributed by atoms with Gasteiger partial charge in [0.15, 0.2) is 0 Å². The van der Waals surface area contributed by atoms with Crippen molar-refractivity contribution in [3.63, 3.8) is 0 Å². The maximum absolute atomic E-state index is 10.9. The van der Waals surface area contributed by atoms with E-state index in [1.165, 1.54) is 0 Å². The normalized spacial score (nSPS) is 12.5. The lowest BCUT2D eigenvalue weighted by Crippen LogP contribution is -2.12. The molecule has 0 bridgehead atoms. The molecule has 1 heterocycles. The molecule has 1 aromatic heterocycles. The smallest absolute Gasteiger partial charge is 0.137 e. The topological polar surface area (TPSA) is 54.9 Å². The molecule has 0 radical (unpaired) electrons. The van der Waals surface area contributed by atoms with Crippen molar-refractivity contribution in [3.8, 4) is 0 Å². The van der Waals surface area contributed by atoms with Crippen LogP contribution in [0, 0.1) is 13.8 Å². The summed E-state index contributed by atoms with van der Waals surface area (Å²) in [5.41, 5.74) is 0.823. The SMILES string of the molecule is Cc1nc(Cl)c(C)c(NCCS(C)=O)n1. The number of hydrogen-bond acceptors (Lipinski definition) is 4. The number of rotatable bonds is 4. The monoisotopic (exact) mass is 247 g/mol. The third-order valence-corrected chi connectivity index (χ3v) is 3.03. The molecular weight excluding hydrogens is 234 g/mol. The second-order valence-electron chi connectivity index (χ2n) is 3.24. The molecule has 0 aliphatic rings. The minimum atomic E-state index is -0.795. The van der Waals surface area contributed by atoms with Crippen molar-refractivity contribution in [2.45, 2.75) is 13.8 Å². The van der Waals surface area contributed by atoms with Gasteiger partial charge in [-0.3, -0.25) is 4.21 Å². The summed E-state index contributed by atoms with van der Waals surface area (Å²) < 4.78 is 10.9. The molecule has 0 amide bonds. The van der Waals surface area contributed by atoms with Crippen molar-refractivity contribution >= 4 is 28.2 Å². The summed E-state index contributed by atoms with van der Waals surface area (Å²) in [4.78, 5) is 8.26. The van der Waals surface area contributed by atoms with E-state index in [9.17, 15) is 4.21 Å². The second kappa shape index (κ2) is 5.42. The highest BCUT2D eigenvalue weighted by Crippen LogP contribution is 2.19. The summed E-state index contributed by atoms with van der Waals surface area (Å²) in [6.07, 6.45) is 1.67. The first-order valence-corrected chi connectivity index (χ1v) is 6.66. The molecule has 1 unspecified atom stereocenters. The van der Waals surface area contributed by atoms with Crippen LogP contribution in [0.25, 0.3) is 0 Å². The van der Waals surface area contributed by atoms with Crippen molar-refractivity contribution in [1.29, 1.82) is 0 Å². The highest BCUT2D eigenvalue weighted by Gasteiger charge is 2.06.